The van der Waals surface area contributed by atoms with E-state index in [1.165, 1.54) is 25.3 Å². The number of likely N-dealkylation sites (tertiary alicyclic amines) is 1. The number of amides is 4. The Morgan fingerprint density at radius 2 is 2.07 bits per heavy atom. The normalized spacial score (nSPS) is 30.7. The van der Waals surface area contributed by atoms with E-state index in [4.69, 9.17) is 10.5 Å². The van der Waals surface area contributed by atoms with Crippen molar-refractivity contribution in [2.45, 2.75) is 18.0 Å². The van der Waals surface area contributed by atoms with Crippen molar-refractivity contribution in [3.63, 3.8) is 0 Å². The highest BCUT2D eigenvalue weighted by Crippen LogP contribution is 2.53. The van der Waals surface area contributed by atoms with Crippen LogP contribution in [0.15, 0.2) is 18.2 Å². The fourth-order valence-electron chi connectivity index (χ4n) is 4.63. The van der Waals surface area contributed by atoms with Crippen LogP contribution in [0.3, 0.4) is 0 Å². The minimum Gasteiger partial charge on any atom is -0.383 e. The summed E-state index contributed by atoms with van der Waals surface area (Å²) in [4.78, 5) is 51.7. The minimum absolute atomic E-state index is 0.0260. The zero-order chi connectivity index (χ0) is 20.2. The standard InChI is InChI=1S/C18H19FN4O5/c1-28-5-4-23-15(25)13-11(7-12(20)24)22-18(14(13)16(23)26)9-6-8(19)2-3-10(9)21-17(18)27/h2-3,6,11,13-14,22H,4-5,7H2,1H3,(H2,20,24)(H,21,27)/t11?,13-,14+,18?/m1/s1. The van der Waals surface area contributed by atoms with E-state index >= 15 is 0 Å². The number of benzene rings is 1. The number of anilines is 1. The Morgan fingerprint density at radius 3 is 2.75 bits per heavy atom. The Morgan fingerprint density at radius 1 is 1.32 bits per heavy atom. The fraction of sp³-hybridized carbons (Fsp3) is 0.444. The summed E-state index contributed by atoms with van der Waals surface area (Å²) in [6, 6.07) is 2.93. The quantitative estimate of drug-likeness (QED) is 0.557. The van der Waals surface area contributed by atoms with Crippen LogP contribution in [0.5, 0.6) is 0 Å². The lowest BCUT2D eigenvalue weighted by Crippen LogP contribution is -2.53. The first kappa shape index (κ1) is 18.5. The minimum atomic E-state index is -1.64. The van der Waals surface area contributed by atoms with E-state index in [9.17, 15) is 23.6 Å². The third-order valence-electron chi connectivity index (χ3n) is 5.71. The van der Waals surface area contributed by atoms with Crippen LogP contribution in [0.25, 0.3) is 0 Å². The molecule has 9 nitrogen and oxygen atoms in total. The van der Waals surface area contributed by atoms with Crippen molar-refractivity contribution in [1.29, 1.82) is 0 Å². The number of hydrogen-bond donors (Lipinski definition) is 3. The van der Waals surface area contributed by atoms with Gasteiger partial charge in [0.15, 0.2) is 0 Å². The molecule has 3 heterocycles. The molecule has 0 aromatic heterocycles. The molecule has 3 aliphatic heterocycles. The highest BCUT2D eigenvalue weighted by molar-refractivity contribution is 6.15. The van der Waals surface area contributed by atoms with Crippen LogP contribution in [0.2, 0.25) is 0 Å². The predicted octanol–water partition coefficient (Wildman–Crippen LogP) is -0.932. The molecular weight excluding hydrogens is 371 g/mol. The second-order valence-corrected chi connectivity index (χ2v) is 7.20. The second kappa shape index (κ2) is 6.35. The van der Waals surface area contributed by atoms with Gasteiger partial charge in [-0.25, -0.2) is 4.39 Å². The van der Waals surface area contributed by atoms with Gasteiger partial charge in [0.05, 0.1) is 25.0 Å². The van der Waals surface area contributed by atoms with Crippen LogP contribution in [-0.2, 0) is 29.5 Å². The van der Waals surface area contributed by atoms with Gasteiger partial charge in [-0.1, -0.05) is 0 Å². The molecule has 10 heteroatoms. The van der Waals surface area contributed by atoms with Gasteiger partial charge in [-0.3, -0.25) is 29.4 Å². The number of nitrogens with zero attached hydrogens (tertiary/aromatic N) is 1. The molecular formula is C18H19FN4O5. The van der Waals surface area contributed by atoms with Gasteiger partial charge in [-0.15, -0.1) is 0 Å². The molecule has 0 bridgehead atoms. The van der Waals surface area contributed by atoms with E-state index in [2.05, 4.69) is 10.6 Å². The Labute approximate surface area is 159 Å². The van der Waals surface area contributed by atoms with Gasteiger partial charge >= 0.3 is 0 Å². The smallest absolute Gasteiger partial charge is 0.250 e. The summed E-state index contributed by atoms with van der Waals surface area (Å²) in [5, 5.41) is 5.64. The van der Waals surface area contributed by atoms with Crippen LogP contribution in [0, 0.1) is 17.7 Å². The third-order valence-corrected chi connectivity index (χ3v) is 5.71. The maximum absolute atomic E-state index is 14.0. The zero-order valence-corrected chi connectivity index (χ0v) is 15.0. The molecule has 4 amide bonds. The molecule has 1 aromatic carbocycles. The lowest BCUT2D eigenvalue weighted by atomic mass is 9.76. The number of carbonyl (C=O) groups is 4. The summed E-state index contributed by atoms with van der Waals surface area (Å²) in [5.41, 5.74) is 4.28. The van der Waals surface area contributed by atoms with Gasteiger partial charge in [-0.2, -0.15) is 0 Å². The number of fused-ring (bicyclic) bond motifs is 4. The summed E-state index contributed by atoms with van der Waals surface area (Å²) in [6.45, 7) is 0.160. The van der Waals surface area contributed by atoms with Crippen molar-refractivity contribution in [1.82, 2.24) is 10.2 Å². The number of primary amides is 1. The number of hydrogen-bond acceptors (Lipinski definition) is 6. The van der Waals surface area contributed by atoms with Crippen LogP contribution in [0.1, 0.15) is 12.0 Å². The molecule has 28 heavy (non-hydrogen) atoms. The molecule has 0 saturated carbocycles. The van der Waals surface area contributed by atoms with E-state index < -0.39 is 52.9 Å². The average Bonchev–Trinajstić information content (AvgIpc) is 3.19. The van der Waals surface area contributed by atoms with Crippen LogP contribution in [-0.4, -0.2) is 54.8 Å². The van der Waals surface area contributed by atoms with Gasteiger partial charge in [0, 0.05) is 30.8 Å². The zero-order valence-electron chi connectivity index (χ0n) is 15.0. The summed E-state index contributed by atoms with van der Waals surface area (Å²) >= 11 is 0. The van der Waals surface area contributed by atoms with Gasteiger partial charge in [0.25, 0.3) is 0 Å². The molecule has 1 aromatic rings. The summed E-state index contributed by atoms with van der Waals surface area (Å²) < 4.78 is 18.9. The van der Waals surface area contributed by atoms with Gasteiger partial charge in [-0.05, 0) is 18.2 Å². The summed E-state index contributed by atoms with van der Waals surface area (Å²) in [7, 11) is 1.44. The first-order valence-electron chi connectivity index (χ1n) is 8.83. The maximum atomic E-state index is 14.0. The first-order chi connectivity index (χ1) is 13.3. The highest BCUT2D eigenvalue weighted by Gasteiger charge is 2.70. The summed E-state index contributed by atoms with van der Waals surface area (Å²) in [5.74, 6) is -4.95. The number of carbonyl (C=O) groups excluding carboxylic acids is 4. The molecule has 148 valence electrons. The van der Waals surface area contributed by atoms with Gasteiger partial charge in [0.1, 0.15) is 11.4 Å². The molecule has 4 atom stereocenters. The van der Waals surface area contributed by atoms with E-state index in [-0.39, 0.29) is 25.1 Å². The molecule has 4 N–H and O–H groups in total. The van der Waals surface area contributed by atoms with Crippen molar-refractivity contribution in [3.05, 3.63) is 29.6 Å². The number of methoxy groups -OCH3 is 1. The van der Waals surface area contributed by atoms with E-state index in [1.807, 2.05) is 0 Å². The molecule has 0 radical (unpaired) electrons. The van der Waals surface area contributed by atoms with Gasteiger partial charge in [0.2, 0.25) is 23.6 Å². The number of nitrogens with one attached hydrogen (secondary N) is 2. The number of nitrogens with two attached hydrogens (primary N) is 1. The molecule has 2 saturated heterocycles. The SMILES string of the molecule is COCCN1C(=O)[C@@H]2C(CC(N)=O)NC3(C(=O)Nc4ccc(F)cc43)[C@@H]2C1=O. The van der Waals surface area contributed by atoms with E-state index in [1.54, 1.807) is 0 Å². The number of ether oxygens (including phenoxy) is 1. The van der Waals surface area contributed by atoms with Crippen molar-refractivity contribution in [3.8, 4) is 0 Å². The molecule has 1 spiro atoms. The Bertz CT molecular complexity index is 906. The maximum Gasteiger partial charge on any atom is 0.250 e. The van der Waals surface area contributed by atoms with Crippen molar-refractivity contribution < 1.29 is 28.3 Å². The average molecular weight is 390 g/mol. The molecule has 4 rings (SSSR count). The van der Waals surface area contributed by atoms with Crippen molar-refractivity contribution in [2.24, 2.45) is 17.6 Å². The molecule has 2 unspecified atom stereocenters. The second-order valence-electron chi connectivity index (χ2n) is 7.20. The van der Waals surface area contributed by atoms with Crippen LogP contribution >= 0.6 is 0 Å². The third kappa shape index (κ3) is 2.38. The number of rotatable bonds is 5. The van der Waals surface area contributed by atoms with Crippen molar-refractivity contribution in [2.75, 3.05) is 25.6 Å². The Hall–Kier alpha value is -2.85. The molecule has 2 fully saturated rings. The topological polar surface area (TPSA) is 131 Å². The number of halogens is 1. The monoisotopic (exact) mass is 390 g/mol. The van der Waals surface area contributed by atoms with Gasteiger partial charge < -0.3 is 15.8 Å². The van der Waals surface area contributed by atoms with E-state index in [0.29, 0.717) is 5.69 Å². The highest BCUT2D eigenvalue weighted by atomic mass is 19.1. The first-order valence-corrected chi connectivity index (χ1v) is 8.83. The van der Waals surface area contributed by atoms with Crippen LogP contribution < -0.4 is 16.4 Å². The van der Waals surface area contributed by atoms with E-state index in [0.717, 1.165) is 4.90 Å². The predicted molar refractivity (Wildman–Crippen MR) is 93.0 cm³/mol. The largest absolute Gasteiger partial charge is 0.383 e. The van der Waals surface area contributed by atoms with Crippen LogP contribution in [0.4, 0.5) is 10.1 Å². The Balaban J connectivity index is 1.85. The number of imide groups is 1. The summed E-state index contributed by atoms with van der Waals surface area (Å²) in [6.07, 6.45) is -0.238. The lowest BCUT2D eigenvalue weighted by Gasteiger charge is -2.29. The Kier molecular flexibility index (Phi) is 4.20. The fourth-order valence-corrected chi connectivity index (χ4v) is 4.63. The lowest BCUT2D eigenvalue weighted by molar-refractivity contribution is -0.143. The molecule has 3 aliphatic rings. The molecule has 0 aliphatic carbocycles. The van der Waals surface area contributed by atoms with Crippen molar-refractivity contribution >= 4 is 29.3 Å².